The van der Waals surface area contributed by atoms with E-state index in [4.69, 9.17) is 4.74 Å². The van der Waals surface area contributed by atoms with Crippen molar-refractivity contribution in [3.63, 3.8) is 0 Å². The molecule has 0 unspecified atom stereocenters. The quantitative estimate of drug-likeness (QED) is 0.362. The lowest BCUT2D eigenvalue weighted by Crippen LogP contribution is -2.40. The van der Waals surface area contributed by atoms with Crippen molar-refractivity contribution >= 4 is 23.5 Å². The molecule has 2 bridgehead atoms. The number of nitrogens with zero attached hydrogens (tertiary/aromatic N) is 1. The van der Waals surface area contributed by atoms with E-state index in [1.54, 1.807) is 24.3 Å². The molecule has 3 fully saturated rings. The molecule has 2 saturated carbocycles. The largest absolute Gasteiger partial charge is 0.424 e. The zero-order valence-electron chi connectivity index (χ0n) is 13.2. The fourth-order valence-electron chi connectivity index (χ4n) is 5.08. The number of amides is 2. The molecular weight excluding hydrogens is 306 g/mol. The number of esters is 1. The Labute approximate surface area is 139 Å². The van der Waals surface area contributed by atoms with Crippen molar-refractivity contribution in [2.24, 2.45) is 35.5 Å². The predicted octanol–water partition coefficient (Wildman–Crippen LogP) is 2.17. The number of hydrogen-bond acceptors (Lipinski definition) is 4. The van der Waals surface area contributed by atoms with Gasteiger partial charge in [0, 0.05) is 6.92 Å². The van der Waals surface area contributed by atoms with E-state index in [-0.39, 0.29) is 41.2 Å². The monoisotopic (exact) mass is 323 g/mol. The standard InChI is InChI=1S/C19H17NO4/c1-9(21)24-15-5-3-2-4-14(15)20-18(22)16-10-6-7-11(13-8-12(10)13)17(16)19(20)23/h2-7,10-13,16-17H,8H2,1H3/t10-,11+,12-,13-,16+,17-/m1/s1. The Balaban J connectivity index is 1.57. The number of hydrogen-bond donors (Lipinski definition) is 0. The number of imide groups is 1. The first-order valence-electron chi connectivity index (χ1n) is 8.41. The third kappa shape index (κ3) is 1.67. The summed E-state index contributed by atoms with van der Waals surface area (Å²) in [6.45, 7) is 1.31. The van der Waals surface area contributed by atoms with Crippen molar-refractivity contribution in [1.29, 1.82) is 0 Å². The maximum Gasteiger partial charge on any atom is 0.308 e. The Morgan fingerprint density at radius 2 is 1.62 bits per heavy atom. The van der Waals surface area contributed by atoms with Crippen LogP contribution in [0.5, 0.6) is 5.75 Å². The van der Waals surface area contributed by atoms with E-state index in [2.05, 4.69) is 12.2 Å². The van der Waals surface area contributed by atoms with Crippen LogP contribution in [0.15, 0.2) is 36.4 Å². The molecule has 24 heavy (non-hydrogen) atoms. The molecule has 1 saturated heterocycles. The summed E-state index contributed by atoms with van der Waals surface area (Å²) in [6, 6.07) is 6.75. The molecule has 0 aromatic heterocycles. The van der Waals surface area contributed by atoms with Gasteiger partial charge < -0.3 is 4.74 Å². The van der Waals surface area contributed by atoms with Crippen LogP contribution >= 0.6 is 0 Å². The van der Waals surface area contributed by atoms with E-state index >= 15 is 0 Å². The highest BCUT2D eigenvalue weighted by Gasteiger charge is 2.67. The molecule has 1 heterocycles. The van der Waals surface area contributed by atoms with Crippen molar-refractivity contribution in [2.75, 3.05) is 4.90 Å². The van der Waals surface area contributed by atoms with Crippen molar-refractivity contribution < 1.29 is 19.1 Å². The fourth-order valence-corrected chi connectivity index (χ4v) is 5.08. The Morgan fingerprint density at radius 3 is 2.21 bits per heavy atom. The van der Waals surface area contributed by atoms with Crippen LogP contribution in [0.1, 0.15) is 13.3 Å². The second kappa shape index (κ2) is 4.56. The first kappa shape index (κ1) is 14.0. The molecule has 0 spiro atoms. The minimum atomic E-state index is -0.470. The minimum Gasteiger partial charge on any atom is -0.424 e. The molecule has 5 nitrogen and oxygen atoms in total. The van der Waals surface area contributed by atoms with E-state index in [0.717, 1.165) is 6.42 Å². The third-order valence-corrected chi connectivity index (χ3v) is 6.02. The Hall–Kier alpha value is -2.43. The highest BCUT2D eigenvalue weighted by atomic mass is 16.5. The zero-order chi connectivity index (χ0) is 16.6. The van der Waals surface area contributed by atoms with Crippen LogP contribution in [0.4, 0.5) is 5.69 Å². The summed E-state index contributed by atoms with van der Waals surface area (Å²) in [7, 11) is 0. The van der Waals surface area contributed by atoms with E-state index < -0.39 is 5.97 Å². The minimum absolute atomic E-state index is 0.144. The number of ether oxygens (including phenoxy) is 1. The van der Waals surface area contributed by atoms with E-state index in [0.29, 0.717) is 17.5 Å². The number of anilines is 1. The van der Waals surface area contributed by atoms with Crippen molar-refractivity contribution in [3.05, 3.63) is 36.4 Å². The maximum absolute atomic E-state index is 13.1. The molecule has 1 aliphatic heterocycles. The summed E-state index contributed by atoms with van der Waals surface area (Å²) in [6.07, 6.45) is 5.43. The lowest BCUT2D eigenvalue weighted by molar-refractivity contribution is -0.132. The van der Waals surface area contributed by atoms with Gasteiger partial charge in [0.2, 0.25) is 11.8 Å². The number of para-hydroxylation sites is 2. The molecule has 6 rings (SSSR count). The van der Waals surface area contributed by atoms with Gasteiger partial charge in [0.25, 0.3) is 0 Å². The molecule has 5 aliphatic rings. The first-order valence-corrected chi connectivity index (χ1v) is 8.41. The maximum atomic E-state index is 13.1. The molecule has 6 atom stereocenters. The SMILES string of the molecule is CC(=O)Oc1ccccc1N1C(=O)[C@@H]2[C@H]3C=C[C@H]([C@H]4C[C@H]34)[C@@H]2C1=O. The topological polar surface area (TPSA) is 63.7 Å². The van der Waals surface area contributed by atoms with Crippen LogP contribution in [0.3, 0.4) is 0 Å². The Bertz CT molecular complexity index is 777. The summed E-state index contributed by atoms with van der Waals surface area (Å²) in [4.78, 5) is 38.7. The number of rotatable bonds is 2. The van der Waals surface area contributed by atoms with Gasteiger partial charge in [-0.05, 0) is 42.2 Å². The van der Waals surface area contributed by atoms with Crippen LogP contribution in [-0.4, -0.2) is 17.8 Å². The van der Waals surface area contributed by atoms with E-state index in [1.807, 2.05) is 0 Å². The van der Waals surface area contributed by atoms with Crippen LogP contribution in [0.2, 0.25) is 0 Å². The Morgan fingerprint density at radius 1 is 1.04 bits per heavy atom. The third-order valence-electron chi connectivity index (χ3n) is 6.02. The van der Waals surface area contributed by atoms with Crippen LogP contribution in [0.25, 0.3) is 0 Å². The van der Waals surface area contributed by atoms with Gasteiger partial charge in [0.15, 0.2) is 5.75 Å². The molecular formula is C19H17NO4. The van der Waals surface area contributed by atoms with Gasteiger partial charge in [0.1, 0.15) is 0 Å². The van der Waals surface area contributed by atoms with Gasteiger partial charge in [0.05, 0.1) is 17.5 Å². The van der Waals surface area contributed by atoms with Crippen molar-refractivity contribution in [1.82, 2.24) is 0 Å². The number of benzene rings is 1. The van der Waals surface area contributed by atoms with Gasteiger partial charge in [-0.25, -0.2) is 4.90 Å². The van der Waals surface area contributed by atoms with Gasteiger partial charge in [-0.1, -0.05) is 24.3 Å². The van der Waals surface area contributed by atoms with Crippen LogP contribution in [-0.2, 0) is 14.4 Å². The van der Waals surface area contributed by atoms with Gasteiger partial charge >= 0.3 is 5.97 Å². The van der Waals surface area contributed by atoms with E-state index in [9.17, 15) is 14.4 Å². The van der Waals surface area contributed by atoms with Crippen molar-refractivity contribution in [2.45, 2.75) is 13.3 Å². The average molecular weight is 323 g/mol. The summed E-state index contributed by atoms with van der Waals surface area (Å²) in [5.74, 6) is 0.521. The second-order valence-corrected chi connectivity index (χ2v) is 7.23. The van der Waals surface area contributed by atoms with Gasteiger partial charge in [-0.15, -0.1) is 0 Å². The molecule has 5 heteroatoms. The number of carbonyl (C=O) groups excluding carboxylic acids is 3. The summed E-state index contributed by atoms with van der Waals surface area (Å²) in [5.41, 5.74) is 0.380. The summed E-state index contributed by atoms with van der Waals surface area (Å²) in [5, 5.41) is 0. The van der Waals surface area contributed by atoms with Crippen molar-refractivity contribution in [3.8, 4) is 5.75 Å². The predicted molar refractivity (Wildman–Crippen MR) is 84.9 cm³/mol. The Kier molecular flexibility index (Phi) is 2.65. The molecule has 0 N–H and O–H groups in total. The molecule has 1 aromatic carbocycles. The highest BCUT2D eigenvalue weighted by Crippen LogP contribution is 2.65. The first-order chi connectivity index (χ1) is 11.6. The van der Waals surface area contributed by atoms with Gasteiger partial charge in [-0.2, -0.15) is 0 Å². The molecule has 1 aromatic rings. The summed E-state index contributed by atoms with van der Waals surface area (Å²) >= 11 is 0. The van der Waals surface area contributed by atoms with Crippen LogP contribution < -0.4 is 9.64 Å². The summed E-state index contributed by atoms with van der Waals surface area (Å²) < 4.78 is 5.21. The number of allylic oxidation sites excluding steroid dienone is 2. The number of carbonyl (C=O) groups is 3. The van der Waals surface area contributed by atoms with Gasteiger partial charge in [-0.3, -0.25) is 14.4 Å². The second-order valence-electron chi connectivity index (χ2n) is 7.23. The normalized spacial score (nSPS) is 38.1. The lowest BCUT2D eigenvalue weighted by atomic mass is 9.63. The molecule has 4 aliphatic carbocycles. The zero-order valence-corrected chi connectivity index (χ0v) is 13.2. The lowest BCUT2D eigenvalue weighted by Gasteiger charge is -2.37. The molecule has 122 valence electrons. The molecule has 0 radical (unpaired) electrons. The smallest absolute Gasteiger partial charge is 0.308 e. The average Bonchev–Trinajstić information content (AvgIpc) is 3.33. The molecule has 2 amide bonds. The van der Waals surface area contributed by atoms with E-state index in [1.165, 1.54) is 11.8 Å². The fraction of sp³-hybridized carbons (Fsp3) is 0.421. The van der Waals surface area contributed by atoms with Crippen LogP contribution in [0, 0.1) is 35.5 Å². The highest BCUT2D eigenvalue weighted by molar-refractivity contribution is 6.23.